The zero-order valence-electron chi connectivity index (χ0n) is 10.2. The molecular weight excluding hydrogens is 208 g/mol. The minimum absolute atomic E-state index is 0.0330. The molecule has 0 aliphatic rings. The van der Waals surface area contributed by atoms with Gasteiger partial charge in [-0.05, 0) is 25.5 Å². The molecule has 1 amide bonds. The van der Waals surface area contributed by atoms with Crippen LogP contribution < -0.4 is 11.1 Å². The van der Waals surface area contributed by atoms with Crippen molar-refractivity contribution in [1.29, 1.82) is 0 Å². The Hall–Kier alpha value is -0.220. The van der Waals surface area contributed by atoms with Crippen molar-refractivity contribution in [2.75, 3.05) is 18.6 Å². The Balaban J connectivity index is 4.03. The largest absolute Gasteiger partial charge is 0.353 e. The predicted molar refractivity (Wildman–Crippen MR) is 68.0 cm³/mol. The van der Waals surface area contributed by atoms with E-state index in [1.165, 1.54) is 0 Å². The Labute approximate surface area is 97.6 Å². The van der Waals surface area contributed by atoms with Gasteiger partial charge >= 0.3 is 0 Å². The Morgan fingerprint density at radius 3 is 2.40 bits per heavy atom. The molecule has 3 N–H and O–H groups in total. The first-order chi connectivity index (χ1) is 7.01. The van der Waals surface area contributed by atoms with E-state index in [0.717, 1.165) is 12.2 Å². The van der Waals surface area contributed by atoms with E-state index in [2.05, 4.69) is 19.2 Å². The summed E-state index contributed by atoms with van der Waals surface area (Å²) < 4.78 is 0. The molecule has 0 aliphatic heterocycles. The summed E-state index contributed by atoms with van der Waals surface area (Å²) in [6, 6.07) is 0.230. The topological polar surface area (TPSA) is 55.1 Å². The molecule has 3 nitrogen and oxygen atoms in total. The first kappa shape index (κ1) is 14.8. The van der Waals surface area contributed by atoms with Crippen molar-refractivity contribution in [3.63, 3.8) is 0 Å². The third-order valence-corrected chi connectivity index (χ3v) is 3.05. The average Bonchev–Trinajstić information content (AvgIpc) is 2.13. The molecule has 0 saturated heterocycles. The van der Waals surface area contributed by atoms with Crippen molar-refractivity contribution in [3.8, 4) is 0 Å². The average molecular weight is 232 g/mol. The smallest absolute Gasteiger partial charge is 0.224 e. The molecular formula is C11H24N2OS. The van der Waals surface area contributed by atoms with Crippen LogP contribution in [0.2, 0.25) is 0 Å². The van der Waals surface area contributed by atoms with E-state index >= 15 is 0 Å². The van der Waals surface area contributed by atoms with Gasteiger partial charge in [-0.15, -0.1) is 0 Å². The summed E-state index contributed by atoms with van der Waals surface area (Å²) in [6.45, 7) is 6.69. The molecule has 0 radical (unpaired) electrons. The SMILES string of the molecule is CSCC(C)NC(=O)C(CN)CC(C)C. The summed E-state index contributed by atoms with van der Waals surface area (Å²) >= 11 is 1.74. The molecule has 0 aromatic heterocycles. The highest BCUT2D eigenvalue weighted by Crippen LogP contribution is 2.11. The van der Waals surface area contributed by atoms with Gasteiger partial charge in [-0.1, -0.05) is 13.8 Å². The third kappa shape index (κ3) is 6.79. The van der Waals surface area contributed by atoms with Crippen LogP contribution in [0.25, 0.3) is 0 Å². The van der Waals surface area contributed by atoms with Crippen molar-refractivity contribution in [3.05, 3.63) is 0 Å². The lowest BCUT2D eigenvalue weighted by Gasteiger charge is -2.19. The first-order valence-corrected chi connectivity index (χ1v) is 6.90. The minimum atomic E-state index is -0.0330. The Morgan fingerprint density at radius 1 is 1.40 bits per heavy atom. The van der Waals surface area contributed by atoms with Crippen molar-refractivity contribution in [2.24, 2.45) is 17.6 Å². The van der Waals surface area contributed by atoms with Gasteiger partial charge in [0.2, 0.25) is 5.91 Å². The normalized spacial score (nSPS) is 15.1. The van der Waals surface area contributed by atoms with Crippen molar-refractivity contribution in [1.82, 2.24) is 5.32 Å². The summed E-state index contributed by atoms with van der Waals surface area (Å²) in [5, 5.41) is 3.00. The second kappa shape index (κ2) is 7.99. The van der Waals surface area contributed by atoms with Crippen LogP contribution in [0.15, 0.2) is 0 Å². The molecule has 0 fully saturated rings. The standard InChI is InChI=1S/C11H24N2OS/c1-8(2)5-10(6-12)11(14)13-9(3)7-15-4/h8-10H,5-7,12H2,1-4H3,(H,13,14). The summed E-state index contributed by atoms with van der Waals surface area (Å²) in [6.07, 6.45) is 2.91. The molecule has 15 heavy (non-hydrogen) atoms. The van der Waals surface area contributed by atoms with Crippen LogP contribution in [0.3, 0.4) is 0 Å². The van der Waals surface area contributed by atoms with E-state index in [-0.39, 0.29) is 17.9 Å². The Morgan fingerprint density at radius 2 is 2.00 bits per heavy atom. The summed E-state index contributed by atoms with van der Waals surface area (Å²) in [5.74, 6) is 1.53. The number of nitrogens with two attached hydrogens (primary N) is 1. The van der Waals surface area contributed by atoms with E-state index in [4.69, 9.17) is 5.73 Å². The highest BCUT2D eigenvalue weighted by Gasteiger charge is 2.19. The fraction of sp³-hybridized carbons (Fsp3) is 0.909. The van der Waals surface area contributed by atoms with Crippen molar-refractivity contribution < 1.29 is 4.79 Å². The molecule has 0 rings (SSSR count). The van der Waals surface area contributed by atoms with Gasteiger partial charge in [-0.2, -0.15) is 11.8 Å². The number of nitrogens with one attached hydrogen (secondary N) is 1. The summed E-state index contributed by atoms with van der Waals surface area (Å²) in [4.78, 5) is 11.8. The summed E-state index contributed by atoms with van der Waals surface area (Å²) in [5.41, 5.74) is 5.61. The van der Waals surface area contributed by atoms with Gasteiger partial charge in [0.25, 0.3) is 0 Å². The molecule has 4 heteroatoms. The van der Waals surface area contributed by atoms with Crippen LogP contribution in [0.1, 0.15) is 27.2 Å². The number of rotatable bonds is 7. The molecule has 2 atom stereocenters. The number of carbonyl (C=O) groups excluding carboxylic acids is 1. The van der Waals surface area contributed by atoms with Gasteiger partial charge in [0, 0.05) is 18.3 Å². The number of hydrogen-bond donors (Lipinski definition) is 2. The number of hydrogen-bond acceptors (Lipinski definition) is 3. The maximum absolute atomic E-state index is 11.8. The number of carbonyl (C=O) groups is 1. The monoisotopic (exact) mass is 232 g/mol. The van der Waals surface area contributed by atoms with Gasteiger partial charge in [0.15, 0.2) is 0 Å². The van der Waals surface area contributed by atoms with Gasteiger partial charge in [-0.3, -0.25) is 4.79 Å². The van der Waals surface area contributed by atoms with E-state index < -0.39 is 0 Å². The zero-order chi connectivity index (χ0) is 11.8. The number of thioether (sulfide) groups is 1. The Kier molecular flexibility index (Phi) is 7.88. The van der Waals surface area contributed by atoms with Gasteiger partial charge < -0.3 is 11.1 Å². The molecule has 0 heterocycles. The molecule has 90 valence electrons. The van der Waals surface area contributed by atoms with Crippen LogP contribution in [0.5, 0.6) is 0 Å². The van der Waals surface area contributed by atoms with Gasteiger partial charge in [0.05, 0.1) is 5.92 Å². The van der Waals surface area contributed by atoms with E-state index in [1.54, 1.807) is 11.8 Å². The van der Waals surface area contributed by atoms with E-state index in [0.29, 0.717) is 12.5 Å². The van der Waals surface area contributed by atoms with E-state index in [1.807, 2.05) is 13.2 Å². The second-order valence-electron chi connectivity index (χ2n) is 4.43. The lowest BCUT2D eigenvalue weighted by molar-refractivity contribution is -0.125. The third-order valence-electron chi connectivity index (χ3n) is 2.22. The van der Waals surface area contributed by atoms with Crippen LogP contribution in [0.4, 0.5) is 0 Å². The van der Waals surface area contributed by atoms with Gasteiger partial charge in [0.1, 0.15) is 0 Å². The molecule has 0 spiro atoms. The van der Waals surface area contributed by atoms with Crippen LogP contribution in [0, 0.1) is 11.8 Å². The predicted octanol–water partition coefficient (Wildman–Crippen LogP) is 1.48. The fourth-order valence-electron chi connectivity index (χ4n) is 1.53. The Bertz CT molecular complexity index is 185. The highest BCUT2D eigenvalue weighted by atomic mass is 32.2. The first-order valence-electron chi connectivity index (χ1n) is 5.50. The maximum Gasteiger partial charge on any atom is 0.224 e. The zero-order valence-corrected chi connectivity index (χ0v) is 11.1. The van der Waals surface area contributed by atoms with E-state index in [9.17, 15) is 4.79 Å². The van der Waals surface area contributed by atoms with Crippen LogP contribution in [-0.2, 0) is 4.79 Å². The molecule has 0 bridgehead atoms. The minimum Gasteiger partial charge on any atom is -0.353 e. The fourth-order valence-corrected chi connectivity index (χ4v) is 2.12. The molecule has 0 aromatic rings. The van der Waals surface area contributed by atoms with Crippen molar-refractivity contribution >= 4 is 17.7 Å². The second-order valence-corrected chi connectivity index (χ2v) is 5.34. The quantitative estimate of drug-likeness (QED) is 0.699. The lowest BCUT2D eigenvalue weighted by atomic mass is 9.96. The summed E-state index contributed by atoms with van der Waals surface area (Å²) in [7, 11) is 0. The molecule has 0 saturated carbocycles. The molecule has 2 unspecified atom stereocenters. The van der Waals surface area contributed by atoms with Crippen LogP contribution in [-0.4, -0.2) is 30.5 Å². The molecule has 0 aromatic carbocycles. The van der Waals surface area contributed by atoms with Crippen LogP contribution >= 0.6 is 11.8 Å². The van der Waals surface area contributed by atoms with Crippen molar-refractivity contribution in [2.45, 2.75) is 33.2 Å². The maximum atomic E-state index is 11.8. The molecule has 0 aliphatic carbocycles. The number of amides is 1. The lowest BCUT2D eigenvalue weighted by Crippen LogP contribution is -2.41. The highest BCUT2D eigenvalue weighted by molar-refractivity contribution is 7.98. The van der Waals surface area contributed by atoms with Gasteiger partial charge in [-0.25, -0.2) is 0 Å².